The van der Waals surface area contributed by atoms with Gasteiger partial charge in [0.2, 0.25) is 0 Å². The van der Waals surface area contributed by atoms with Crippen LogP contribution in [0.1, 0.15) is 24.5 Å². The highest BCUT2D eigenvalue weighted by atomic mass is 16.5. The summed E-state index contributed by atoms with van der Waals surface area (Å²) < 4.78 is 5.61. The fourth-order valence-electron chi connectivity index (χ4n) is 3.09. The molecule has 4 heteroatoms. The third-order valence-corrected chi connectivity index (χ3v) is 4.51. The first-order valence-corrected chi connectivity index (χ1v) is 8.34. The van der Waals surface area contributed by atoms with Crippen molar-refractivity contribution in [1.29, 1.82) is 0 Å². The van der Waals surface area contributed by atoms with Crippen LogP contribution in [-0.4, -0.2) is 29.3 Å². The molecule has 0 saturated heterocycles. The van der Waals surface area contributed by atoms with Gasteiger partial charge in [0.1, 0.15) is 5.75 Å². The van der Waals surface area contributed by atoms with Crippen LogP contribution in [0.4, 0.5) is 0 Å². The zero-order chi connectivity index (χ0) is 17.0. The number of aryl methyl sites for hydroxylation is 1. The molecule has 4 nitrogen and oxygen atoms in total. The number of amides is 1. The SMILES string of the molecule is C[C@H](Oc1ccccc1)C(=O)NC[C@@]1(O)CCc2ccccc2C1. The minimum atomic E-state index is -0.892. The molecule has 0 spiro atoms. The van der Waals surface area contributed by atoms with Crippen molar-refractivity contribution in [2.24, 2.45) is 0 Å². The first-order chi connectivity index (χ1) is 11.6. The Bertz CT molecular complexity index is 701. The second-order valence-corrected chi connectivity index (χ2v) is 6.46. The number of fused-ring (bicyclic) bond motifs is 1. The van der Waals surface area contributed by atoms with Crippen molar-refractivity contribution in [1.82, 2.24) is 5.32 Å². The number of carbonyl (C=O) groups is 1. The quantitative estimate of drug-likeness (QED) is 0.888. The molecule has 1 aliphatic rings. The Labute approximate surface area is 142 Å². The summed E-state index contributed by atoms with van der Waals surface area (Å²) in [4.78, 5) is 12.2. The summed E-state index contributed by atoms with van der Waals surface area (Å²) in [5, 5.41) is 13.6. The summed E-state index contributed by atoms with van der Waals surface area (Å²) in [7, 11) is 0. The lowest BCUT2D eigenvalue weighted by atomic mass is 9.80. The summed E-state index contributed by atoms with van der Waals surface area (Å²) in [6.45, 7) is 1.95. The predicted molar refractivity (Wildman–Crippen MR) is 93.0 cm³/mol. The molecule has 1 amide bonds. The zero-order valence-electron chi connectivity index (χ0n) is 13.9. The average Bonchev–Trinajstić information content (AvgIpc) is 2.60. The summed E-state index contributed by atoms with van der Waals surface area (Å²) >= 11 is 0. The first kappa shape index (κ1) is 16.5. The van der Waals surface area contributed by atoms with Crippen LogP contribution in [0.5, 0.6) is 5.75 Å². The maximum absolute atomic E-state index is 12.2. The summed E-state index contributed by atoms with van der Waals surface area (Å²) in [6.07, 6.45) is 1.45. The first-order valence-electron chi connectivity index (χ1n) is 8.34. The number of rotatable bonds is 5. The number of benzene rings is 2. The Morgan fingerprint density at radius 1 is 1.17 bits per heavy atom. The van der Waals surface area contributed by atoms with Gasteiger partial charge in [0.15, 0.2) is 6.10 Å². The number of para-hydroxylation sites is 1. The van der Waals surface area contributed by atoms with Gasteiger partial charge in [0.25, 0.3) is 5.91 Å². The predicted octanol–water partition coefficient (Wildman–Crippen LogP) is 2.49. The van der Waals surface area contributed by atoms with Crippen LogP contribution in [0, 0.1) is 0 Å². The van der Waals surface area contributed by atoms with Crippen LogP contribution < -0.4 is 10.1 Å². The Morgan fingerprint density at radius 3 is 2.58 bits per heavy atom. The Kier molecular flexibility index (Phi) is 4.86. The zero-order valence-corrected chi connectivity index (χ0v) is 13.9. The molecule has 0 aliphatic heterocycles. The number of aliphatic hydroxyl groups is 1. The van der Waals surface area contributed by atoms with E-state index in [4.69, 9.17) is 4.74 Å². The van der Waals surface area contributed by atoms with Crippen molar-refractivity contribution >= 4 is 5.91 Å². The molecule has 2 atom stereocenters. The van der Waals surface area contributed by atoms with E-state index in [1.165, 1.54) is 5.56 Å². The smallest absolute Gasteiger partial charge is 0.260 e. The fraction of sp³-hybridized carbons (Fsp3) is 0.350. The number of hydrogen-bond acceptors (Lipinski definition) is 3. The topological polar surface area (TPSA) is 58.6 Å². The number of ether oxygens (including phenoxy) is 1. The van der Waals surface area contributed by atoms with Gasteiger partial charge in [-0.25, -0.2) is 0 Å². The minimum absolute atomic E-state index is 0.217. The van der Waals surface area contributed by atoms with E-state index in [9.17, 15) is 9.90 Å². The summed E-state index contributed by atoms with van der Waals surface area (Å²) in [6, 6.07) is 17.4. The second-order valence-electron chi connectivity index (χ2n) is 6.46. The van der Waals surface area contributed by atoms with Crippen LogP contribution in [0.3, 0.4) is 0 Å². The van der Waals surface area contributed by atoms with Gasteiger partial charge in [-0.3, -0.25) is 4.79 Å². The number of carbonyl (C=O) groups excluding carboxylic acids is 1. The molecule has 3 rings (SSSR count). The molecule has 0 fully saturated rings. The van der Waals surface area contributed by atoms with Gasteiger partial charge in [-0.1, -0.05) is 42.5 Å². The summed E-state index contributed by atoms with van der Waals surface area (Å²) in [5.74, 6) is 0.441. The molecule has 2 aromatic rings. The number of hydrogen-bond donors (Lipinski definition) is 2. The highest BCUT2D eigenvalue weighted by molar-refractivity contribution is 5.80. The molecule has 0 heterocycles. The molecular formula is C20H23NO3. The highest BCUT2D eigenvalue weighted by Crippen LogP contribution is 2.28. The molecule has 0 bridgehead atoms. The maximum atomic E-state index is 12.2. The van der Waals surface area contributed by atoms with Gasteiger partial charge < -0.3 is 15.2 Å². The second kappa shape index (κ2) is 7.05. The third kappa shape index (κ3) is 3.95. The van der Waals surface area contributed by atoms with Crippen molar-refractivity contribution in [2.75, 3.05) is 6.54 Å². The molecule has 0 radical (unpaired) electrons. The van der Waals surface area contributed by atoms with E-state index in [0.717, 1.165) is 12.0 Å². The van der Waals surface area contributed by atoms with Crippen molar-refractivity contribution in [3.8, 4) is 5.75 Å². The normalized spacial score (nSPS) is 20.8. The monoisotopic (exact) mass is 325 g/mol. The molecule has 0 saturated carbocycles. The Morgan fingerprint density at radius 2 is 1.83 bits per heavy atom. The average molecular weight is 325 g/mol. The van der Waals surface area contributed by atoms with E-state index in [2.05, 4.69) is 11.4 Å². The lowest BCUT2D eigenvalue weighted by Crippen LogP contribution is -2.49. The molecule has 1 aliphatic carbocycles. The maximum Gasteiger partial charge on any atom is 0.260 e. The van der Waals surface area contributed by atoms with Gasteiger partial charge in [-0.05, 0) is 43.0 Å². The van der Waals surface area contributed by atoms with Crippen LogP contribution >= 0.6 is 0 Å². The fourth-order valence-corrected chi connectivity index (χ4v) is 3.09. The van der Waals surface area contributed by atoms with Crippen LogP contribution in [0.25, 0.3) is 0 Å². The van der Waals surface area contributed by atoms with Crippen LogP contribution in [-0.2, 0) is 17.6 Å². The van der Waals surface area contributed by atoms with Crippen LogP contribution in [0.15, 0.2) is 54.6 Å². The van der Waals surface area contributed by atoms with E-state index in [1.54, 1.807) is 6.92 Å². The third-order valence-electron chi connectivity index (χ3n) is 4.51. The van der Waals surface area contributed by atoms with Crippen molar-refractivity contribution < 1.29 is 14.6 Å². The molecule has 126 valence electrons. The molecule has 0 aromatic heterocycles. The van der Waals surface area contributed by atoms with Gasteiger partial charge in [0.05, 0.1) is 5.60 Å². The van der Waals surface area contributed by atoms with E-state index >= 15 is 0 Å². The van der Waals surface area contributed by atoms with E-state index < -0.39 is 11.7 Å². The standard InChI is InChI=1S/C20H23NO3/c1-15(24-18-9-3-2-4-10-18)19(22)21-14-20(23)12-11-16-7-5-6-8-17(16)13-20/h2-10,15,23H,11-14H2,1H3,(H,21,22)/t15-,20+/m0/s1. The number of nitrogens with one attached hydrogen (secondary N) is 1. The minimum Gasteiger partial charge on any atom is -0.481 e. The summed E-state index contributed by atoms with van der Waals surface area (Å²) in [5.41, 5.74) is 1.56. The van der Waals surface area contributed by atoms with Gasteiger partial charge in [-0.15, -0.1) is 0 Å². The van der Waals surface area contributed by atoms with E-state index in [-0.39, 0.29) is 12.5 Å². The van der Waals surface area contributed by atoms with Gasteiger partial charge >= 0.3 is 0 Å². The van der Waals surface area contributed by atoms with Gasteiger partial charge in [0, 0.05) is 13.0 Å². The molecule has 2 N–H and O–H groups in total. The van der Waals surface area contributed by atoms with E-state index in [0.29, 0.717) is 18.6 Å². The lowest BCUT2D eigenvalue weighted by Gasteiger charge is -2.34. The molecule has 24 heavy (non-hydrogen) atoms. The molecular weight excluding hydrogens is 302 g/mol. The van der Waals surface area contributed by atoms with Gasteiger partial charge in [-0.2, -0.15) is 0 Å². The van der Waals surface area contributed by atoms with Crippen molar-refractivity contribution in [2.45, 2.75) is 37.9 Å². The Balaban J connectivity index is 1.54. The van der Waals surface area contributed by atoms with E-state index in [1.807, 2.05) is 48.5 Å². The molecule has 2 aromatic carbocycles. The Hall–Kier alpha value is -2.33. The highest BCUT2D eigenvalue weighted by Gasteiger charge is 2.32. The lowest BCUT2D eigenvalue weighted by molar-refractivity contribution is -0.128. The van der Waals surface area contributed by atoms with Crippen LogP contribution in [0.2, 0.25) is 0 Å². The largest absolute Gasteiger partial charge is 0.481 e. The van der Waals surface area contributed by atoms with Crippen molar-refractivity contribution in [3.05, 3.63) is 65.7 Å². The molecule has 0 unspecified atom stereocenters. The van der Waals surface area contributed by atoms with Crippen molar-refractivity contribution in [3.63, 3.8) is 0 Å².